The molecule has 0 spiro atoms. The zero-order valence-electron chi connectivity index (χ0n) is 22.9. The van der Waals surface area contributed by atoms with Crippen LogP contribution >= 0.6 is 0 Å². The first-order valence-corrected chi connectivity index (χ1v) is 17.3. The third kappa shape index (κ3) is 4.89. The molecule has 0 saturated heterocycles. The molecule has 0 bridgehead atoms. The van der Waals surface area contributed by atoms with Crippen molar-refractivity contribution in [2.24, 2.45) is 0 Å². The van der Waals surface area contributed by atoms with E-state index >= 15 is 0 Å². The van der Waals surface area contributed by atoms with Crippen LogP contribution in [0, 0.1) is 0 Å². The minimum Gasteiger partial charge on any atom is -0.0686 e. The second-order valence-corrected chi connectivity index (χ2v) is 16.4. The van der Waals surface area contributed by atoms with E-state index in [0.717, 1.165) is 0 Å². The Bertz CT molecular complexity index is 1530. The Hall–Kier alpha value is -4.14. The minimum absolute atomic E-state index is 0.107. The summed E-state index contributed by atoms with van der Waals surface area (Å²) in [5, 5.41) is 1.49. The summed E-state index contributed by atoms with van der Waals surface area (Å²) in [7, 11) is -1.41. The van der Waals surface area contributed by atoms with Crippen LogP contribution in [0.1, 0.15) is 22.3 Å². The molecule has 0 radical (unpaired) electrons. The maximum atomic E-state index is 2.42. The van der Waals surface area contributed by atoms with Crippen LogP contribution in [0.25, 0.3) is 22.1 Å². The first-order chi connectivity index (χ1) is 19.0. The smallest absolute Gasteiger partial charge is 0.0686 e. The molecule has 1 aliphatic rings. The summed E-state index contributed by atoms with van der Waals surface area (Å²) in [5.41, 5.74) is 11.8. The van der Waals surface area contributed by atoms with Gasteiger partial charge in [0.05, 0.1) is 8.07 Å². The van der Waals surface area contributed by atoms with Crippen LogP contribution in [-0.4, -0.2) is 14.8 Å². The Balaban J connectivity index is 1.73. The van der Waals surface area contributed by atoms with E-state index in [-0.39, 0.29) is 6.71 Å². The molecule has 39 heavy (non-hydrogen) atoms. The number of hydrogen-bond donors (Lipinski definition) is 0. The Kier molecular flexibility index (Phi) is 6.81. The van der Waals surface area contributed by atoms with Gasteiger partial charge in [0, 0.05) is 0 Å². The van der Waals surface area contributed by atoms with Gasteiger partial charge in [0.1, 0.15) is 0 Å². The van der Waals surface area contributed by atoms with Gasteiger partial charge in [-0.1, -0.05) is 187 Å². The van der Waals surface area contributed by atoms with Crippen molar-refractivity contribution >= 4 is 47.5 Å². The van der Waals surface area contributed by atoms with Gasteiger partial charge in [0.15, 0.2) is 0 Å². The van der Waals surface area contributed by atoms with Crippen molar-refractivity contribution in [2.75, 3.05) is 0 Å². The topological polar surface area (TPSA) is 0 Å². The predicted molar refractivity (Wildman–Crippen MR) is 174 cm³/mol. The highest BCUT2D eigenvalue weighted by atomic mass is 28.3. The van der Waals surface area contributed by atoms with Crippen LogP contribution in [0.15, 0.2) is 146 Å². The van der Waals surface area contributed by atoms with E-state index in [0.29, 0.717) is 0 Å². The molecule has 1 heterocycles. The van der Waals surface area contributed by atoms with E-state index in [1.54, 1.807) is 0 Å². The van der Waals surface area contributed by atoms with Crippen LogP contribution in [0.5, 0.6) is 0 Å². The highest BCUT2D eigenvalue weighted by Crippen LogP contribution is 2.50. The van der Waals surface area contributed by atoms with Crippen molar-refractivity contribution in [3.63, 3.8) is 0 Å². The standard InChI is InChI=1S/C37H33BSi/c1-39(2,3)33-26-24-32(25-27-33)38-36(30-20-12-6-13-21-30)34(28-16-8-4-9-17-28)35(29-18-10-5-11-19-29)37(38)31-22-14-7-15-23-31/h4-27H,1-3H3. The lowest BCUT2D eigenvalue weighted by Gasteiger charge is -2.21. The minimum atomic E-state index is -1.41. The van der Waals surface area contributed by atoms with Crippen LogP contribution < -0.4 is 10.6 Å². The van der Waals surface area contributed by atoms with Crippen LogP contribution in [-0.2, 0) is 0 Å². The lowest BCUT2D eigenvalue weighted by molar-refractivity contribution is 1.58. The number of rotatable bonds is 6. The molecule has 2 heteroatoms. The zero-order valence-corrected chi connectivity index (χ0v) is 23.9. The van der Waals surface area contributed by atoms with Crippen LogP contribution in [0.2, 0.25) is 19.6 Å². The highest BCUT2D eigenvalue weighted by molar-refractivity contribution is 7.08. The molecule has 5 aromatic rings. The quantitative estimate of drug-likeness (QED) is 0.199. The molecular formula is C37H33BSi. The van der Waals surface area contributed by atoms with Crippen molar-refractivity contribution in [3.8, 4) is 0 Å². The monoisotopic (exact) mass is 516 g/mol. The highest BCUT2D eigenvalue weighted by Gasteiger charge is 2.40. The second kappa shape index (κ2) is 10.6. The van der Waals surface area contributed by atoms with Crippen LogP contribution in [0.3, 0.4) is 0 Å². The average molecular weight is 517 g/mol. The molecule has 0 aromatic heterocycles. The fraction of sp³-hybridized carbons (Fsp3) is 0.0811. The molecule has 0 unspecified atom stereocenters. The van der Waals surface area contributed by atoms with Crippen molar-refractivity contribution in [2.45, 2.75) is 19.6 Å². The molecule has 0 saturated carbocycles. The number of benzene rings is 5. The Labute approximate surface area is 234 Å². The summed E-state index contributed by atoms with van der Waals surface area (Å²) >= 11 is 0. The van der Waals surface area contributed by atoms with E-state index in [4.69, 9.17) is 0 Å². The fourth-order valence-electron chi connectivity index (χ4n) is 5.88. The molecule has 5 aromatic carbocycles. The molecule has 0 aliphatic carbocycles. The Morgan fingerprint density at radius 1 is 0.385 bits per heavy atom. The largest absolute Gasteiger partial charge is 0.244 e. The van der Waals surface area contributed by atoms with E-state index < -0.39 is 8.07 Å². The molecular weight excluding hydrogens is 483 g/mol. The van der Waals surface area contributed by atoms with Gasteiger partial charge in [-0.05, 0) is 33.4 Å². The van der Waals surface area contributed by atoms with Gasteiger partial charge in [0.25, 0.3) is 0 Å². The molecule has 0 N–H and O–H groups in total. The van der Waals surface area contributed by atoms with E-state index in [1.807, 2.05) is 0 Å². The van der Waals surface area contributed by atoms with Gasteiger partial charge in [-0.25, -0.2) is 0 Å². The van der Waals surface area contributed by atoms with Crippen LogP contribution in [0.4, 0.5) is 0 Å². The van der Waals surface area contributed by atoms with Gasteiger partial charge < -0.3 is 0 Å². The summed E-state index contributed by atoms with van der Waals surface area (Å²) in [4.78, 5) is 0. The van der Waals surface area contributed by atoms with E-state index in [2.05, 4.69) is 165 Å². The number of allylic oxidation sites excluding steroid dienone is 2. The van der Waals surface area contributed by atoms with Crippen molar-refractivity contribution in [1.29, 1.82) is 0 Å². The molecule has 0 atom stereocenters. The molecule has 1 aliphatic heterocycles. The average Bonchev–Trinajstić information content (AvgIpc) is 3.35. The third-order valence-corrected chi connectivity index (χ3v) is 9.84. The van der Waals surface area contributed by atoms with Crippen molar-refractivity contribution < 1.29 is 0 Å². The number of hydrogen-bond acceptors (Lipinski definition) is 0. The summed E-state index contributed by atoms with van der Waals surface area (Å²) in [6, 6.07) is 53.5. The molecule has 6 rings (SSSR count). The Morgan fingerprint density at radius 3 is 1.05 bits per heavy atom. The lowest BCUT2D eigenvalue weighted by atomic mass is 9.35. The summed E-state index contributed by atoms with van der Waals surface area (Å²) in [6.45, 7) is 7.37. The van der Waals surface area contributed by atoms with Gasteiger partial charge in [0.2, 0.25) is 6.71 Å². The fourth-order valence-corrected chi connectivity index (χ4v) is 7.04. The van der Waals surface area contributed by atoms with Gasteiger partial charge in [-0.2, -0.15) is 0 Å². The Morgan fingerprint density at radius 2 is 0.718 bits per heavy atom. The molecule has 188 valence electrons. The maximum Gasteiger partial charge on any atom is 0.244 e. The van der Waals surface area contributed by atoms with E-state index in [1.165, 1.54) is 55.0 Å². The molecule has 0 nitrogen and oxygen atoms in total. The predicted octanol–water partition coefficient (Wildman–Crippen LogP) is 8.25. The summed E-state index contributed by atoms with van der Waals surface area (Å²) < 4.78 is 0. The normalized spacial score (nSPS) is 13.8. The van der Waals surface area contributed by atoms with Gasteiger partial charge >= 0.3 is 0 Å². The SMILES string of the molecule is C[Si](C)(C)c1ccc(B2C(c3ccccc3)=C(c3ccccc3)C(c3ccccc3)=C2c2ccccc2)cc1. The van der Waals surface area contributed by atoms with E-state index in [9.17, 15) is 0 Å². The van der Waals surface area contributed by atoms with Gasteiger partial charge in [-0.3, -0.25) is 0 Å². The molecule has 0 amide bonds. The van der Waals surface area contributed by atoms with Crippen molar-refractivity contribution in [1.82, 2.24) is 0 Å². The first-order valence-electron chi connectivity index (χ1n) is 13.8. The zero-order chi connectivity index (χ0) is 26.8. The van der Waals surface area contributed by atoms with Gasteiger partial charge in [-0.15, -0.1) is 0 Å². The summed E-state index contributed by atoms with van der Waals surface area (Å²) in [5.74, 6) is 0. The second-order valence-electron chi connectivity index (χ2n) is 11.3. The van der Waals surface area contributed by atoms with Crippen molar-refractivity contribution in [3.05, 3.63) is 168 Å². The molecule has 0 fully saturated rings. The summed E-state index contributed by atoms with van der Waals surface area (Å²) in [6.07, 6.45) is 0. The lowest BCUT2D eigenvalue weighted by Crippen LogP contribution is -2.40. The maximum absolute atomic E-state index is 2.42. The third-order valence-electron chi connectivity index (χ3n) is 7.77. The first kappa shape index (κ1) is 25.2.